The maximum absolute atomic E-state index is 2.29. The zero-order valence-electron chi connectivity index (χ0n) is 8.83. The molecule has 1 aliphatic rings. The molecule has 0 nitrogen and oxygen atoms in total. The van der Waals surface area contributed by atoms with Crippen molar-refractivity contribution in [3.63, 3.8) is 0 Å². The molecule has 0 amide bonds. The molecule has 1 unspecified atom stereocenters. The first-order chi connectivity index (χ1) is 6.75. The lowest BCUT2D eigenvalue weighted by molar-refractivity contribution is 0.850. The van der Waals surface area contributed by atoms with Crippen LogP contribution in [0, 0.1) is 13.8 Å². The molecule has 0 aromatic heterocycles. The first-order valence-corrected chi connectivity index (χ1v) is 5.17. The number of hydrogen-bond donors (Lipinski definition) is 0. The minimum absolute atomic E-state index is 0.582. The Labute approximate surface area is 86.0 Å². The second-order valence-electron chi connectivity index (χ2n) is 4.08. The van der Waals surface area contributed by atoms with E-state index in [4.69, 9.17) is 0 Å². The molecule has 72 valence electrons. The Morgan fingerprint density at radius 2 is 1.71 bits per heavy atom. The van der Waals surface area contributed by atoms with Gasteiger partial charge < -0.3 is 0 Å². The van der Waals surface area contributed by atoms with Crippen molar-refractivity contribution < 1.29 is 0 Å². The summed E-state index contributed by atoms with van der Waals surface area (Å²) in [4.78, 5) is 0. The third-order valence-corrected chi connectivity index (χ3v) is 2.65. The molecule has 1 aliphatic carbocycles. The van der Waals surface area contributed by atoms with Gasteiger partial charge in [-0.05, 0) is 25.8 Å². The highest BCUT2D eigenvalue weighted by Gasteiger charge is 2.08. The zero-order valence-corrected chi connectivity index (χ0v) is 8.83. The molecule has 1 aromatic rings. The Kier molecular flexibility index (Phi) is 2.53. The van der Waals surface area contributed by atoms with Gasteiger partial charge in [-0.25, -0.2) is 0 Å². The van der Waals surface area contributed by atoms with Gasteiger partial charge in [-0.15, -0.1) is 0 Å². The fraction of sp³-hybridized carbons (Fsp3) is 0.286. The fourth-order valence-electron chi connectivity index (χ4n) is 2.05. The van der Waals surface area contributed by atoms with Crippen LogP contribution in [0.4, 0.5) is 0 Å². The van der Waals surface area contributed by atoms with Gasteiger partial charge in [0.25, 0.3) is 0 Å². The molecule has 0 N–H and O–H groups in total. The first-order valence-electron chi connectivity index (χ1n) is 5.17. The largest absolute Gasteiger partial charge is 0.0836 e. The number of hydrogen-bond acceptors (Lipinski definition) is 0. The van der Waals surface area contributed by atoms with Gasteiger partial charge >= 0.3 is 0 Å². The standard InChI is InChI=1S/C14H16/c1-11-8-12(2)10-14(9-11)13-6-4-3-5-7-13/h3-6,8-10,13H,7H2,1-2H3. The van der Waals surface area contributed by atoms with Crippen LogP contribution in [0.1, 0.15) is 29.0 Å². The van der Waals surface area contributed by atoms with E-state index in [1.807, 2.05) is 0 Å². The molecule has 1 aromatic carbocycles. The predicted octanol–water partition coefficient (Wildman–Crippen LogP) is 3.90. The lowest BCUT2D eigenvalue weighted by Crippen LogP contribution is -1.97. The van der Waals surface area contributed by atoms with Crippen LogP contribution in [-0.2, 0) is 0 Å². The van der Waals surface area contributed by atoms with Crippen molar-refractivity contribution >= 4 is 0 Å². The Balaban J connectivity index is 2.32. The Hall–Kier alpha value is -1.30. The van der Waals surface area contributed by atoms with Crippen molar-refractivity contribution in [1.82, 2.24) is 0 Å². The molecule has 0 saturated heterocycles. The third-order valence-electron chi connectivity index (χ3n) is 2.65. The molecule has 0 bridgehead atoms. The van der Waals surface area contributed by atoms with Crippen molar-refractivity contribution in [2.24, 2.45) is 0 Å². The van der Waals surface area contributed by atoms with Gasteiger partial charge in [-0.2, -0.15) is 0 Å². The summed E-state index contributed by atoms with van der Waals surface area (Å²) in [6, 6.07) is 6.81. The quantitative estimate of drug-likeness (QED) is 0.621. The van der Waals surface area contributed by atoms with E-state index in [-0.39, 0.29) is 0 Å². The van der Waals surface area contributed by atoms with Crippen molar-refractivity contribution in [2.75, 3.05) is 0 Å². The second-order valence-corrected chi connectivity index (χ2v) is 4.08. The fourth-order valence-corrected chi connectivity index (χ4v) is 2.05. The minimum atomic E-state index is 0.582. The van der Waals surface area contributed by atoms with E-state index in [0.717, 1.165) is 6.42 Å². The van der Waals surface area contributed by atoms with E-state index in [1.165, 1.54) is 16.7 Å². The number of allylic oxidation sites excluding steroid dienone is 4. The van der Waals surface area contributed by atoms with Crippen LogP contribution in [-0.4, -0.2) is 0 Å². The average Bonchev–Trinajstić information content (AvgIpc) is 2.18. The lowest BCUT2D eigenvalue weighted by atomic mass is 9.90. The van der Waals surface area contributed by atoms with Crippen molar-refractivity contribution in [1.29, 1.82) is 0 Å². The SMILES string of the molecule is Cc1cc(C)cc(C2C=CC=CC2)c1. The van der Waals surface area contributed by atoms with Gasteiger partial charge in [0.15, 0.2) is 0 Å². The molecule has 0 fully saturated rings. The molecule has 2 rings (SSSR count). The van der Waals surface area contributed by atoms with E-state index in [0.29, 0.717) is 5.92 Å². The predicted molar refractivity (Wildman–Crippen MR) is 61.6 cm³/mol. The van der Waals surface area contributed by atoms with E-state index in [9.17, 15) is 0 Å². The number of benzene rings is 1. The van der Waals surface area contributed by atoms with Crippen LogP contribution in [0.3, 0.4) is 0 Å². The molecule has 1 atom stereocenters. The van der Waals surface area contributed by atoms with E-state index < -0.39 is 0 Å². The van der Waals surface area contributed by atoms with Crippen LogP contribution in [0.2, 0.25) is 0 Å². The van der Waals surface area contributed by atoms with Crippen molar-refractivity contribution in [3.05, 3.63) is 59.2 Å². The number of rotatable bonds is 1. The second kappa shape index (κ2) is 3.83. The summed E-state index contributed by atoms with van der Waals surface area (Å²) in [7, 11) is 0. The molecule has 0 aliphatic heterocycles. The molecule has 0 heterocycles. The topological polar surface area (TPSA) is 0 Å². The van der Waals surface area contributed by atoms with Gasteiger partial charge in [-0.1, -0.05) is 53.6 Å². The molecular formula is C14H16. The highest BCUT2D eigenvalue weighted by molar-refractivity contribution is 5.35. The molecule has 0 radical (unpaired) electrons. The smallest absolute Gasteiger partial charge is 0.00559 e. The summed E-state index contributed by atoms with van der Waals surface area (Å²) >= 11 is 0. The van der Waals surface area contributed by atoms with Crippen molar-refractivity contribution in [2.45, 2.75) is 26.2 Å². The Morgan fingerprint density at radius 3 is 2.29 bits per heavy atom. The molecular weight excluding hydrogens is 168 g/mol. The zero-order chi connectivity index (χ0) is 9.97. The van der Waals surface area contributed by atoms with Gasteiger partial charge in [0, 0.05) is 5.92 Å². The van der Waals surface area contributed by atoms with Crippen molar-refractivity contribution in [3.8, 4) is 0 Å². The van der Waals surface area contributed by atoms with Crippen LogP contribution < -0.4 is 0 Å². The summed E-state index contributed by atoms with van der Waals surface area (Å²) in [5.74, 6) is 0.582. The molecule has 0 heteroatoms. The Morgan fingerprint density at radius 1 is 1.00 bits per heavy atom. The summed E-state index contributed by atoms with van der Waals surface area (Å²) in [6.45, 7) is 4.33. The summed E-state index contributed by atoms with van der Waals surface area (Å²) in [5.41, 5.74) is 4.18. The summed E-state index contributed by atoms with van der Waals surface area (Å²) in [5, 5.41) is 0. The van der Waals surface area contributed by atoms with Gasteiger partial charge in [0.2, 0.25) is 0 Å². The van der Waals surface area contributed by atoms with Gasteiger partial charge in [-0.3, -0.25) is 0 Å². The van der Waals surface area contributed by atoms with E-state index >= 15 is 0 Å². The molecule has 14 heavy (non-hydrogen) atoms. The maximum atomic E-state index is 2.29. The summed E-state index contributed by atoms with van der Waals surface area (Å²) < 4.78 is 0. The van der Waals surface area contributed by atoms with Crippen LogP contribution in [0.15, 0.2) is 42.5 Å². The van der Waals surface area contributed by atoms with E-state index in [2.05, 4.69) is 56.4 Å². The molecule has 0 saturated carbocycles. The first kappa shape index (κ1) is 9.26. The highest BCUT2D eigenvalue weighted by atomic mass is 14.1. The van der Waals surface area contributed by atoms with Gasteiger partial charge in [0.05, 0.1) is 0 Å². The summed E-state index contributed by atoms with van der Waals surface area (Å²) in [6.07, 6.45) is 9.93. The maximum Gasteiger partial charge on any atom is 0.00559 e. The van der Waals surface area contributed by atoms with Crippen LogP contribution >= 0.6 is 0 Å². The van der Waals surface area contributed by atoms with Gasteiger partial charge in [0.1, 0.15) is 0 Å². The van der Waals surface area contributed by atoms with Crippen LogP contribution in [0.5, 0.6) is 0 Å². The minimum Gasteiger partial charge on any atom is -0.0836 e. The average molecular weight is 184 g/mol. The monoisotopic (exact) mass is 184 g/mol. The lowest BCUT2D eigenvalue weighted by Gasteiger charge is -2.14. The van der Waals surface area contributed by atoms with E-state index in [1.54, 1.807) is 0 Å². The Bertz CT molecular complexity index is 363. The third kappa shape index (κ3) is 1.95. The number of aryl methyl sites for hydroxylation is 2. The highest BCUT2D eigenvalue weighted by Crippen LogP contribution is 2.25. The van der Waals surface area contributed by atoms with Crippen LogP contribution in [0.25, 0.3) is 0 Å². The normalized spacial score (nSPS) is 20.0. The molecule has 0 spiro atoms.